The third-order valence-corrected chi connectivity index (χ3v) is 0. The van der Waals surface area contributed by atoms with Crippen molar-refractivity contribution in [3.05, 3.63) is 0 Å². The summed E-state index contributed by atoms with van der Waals surface area (Å²) in [5.74, 6) is 0. The summed E-state index contributed by atoms with van der Waals surface area (Å²) in [5.41, 5.74) is 0. The third-order valence-electron chi connectivity index (χ3n) is 0. The standard InChI is InChI=1S/La.Li.Ta.Zr.13H/q+3;+1;+5;+4;13*-1. The Morgan fingerprint density at radius 3 is 1.25 bits per heavy atom. The molecule has 0 aliphatic carbocycles. The first-order valence-electron chi connectivity index (χ1n) is 0. The molecular weight excluding hydrogens is 418 g/mol. The van der Waals surface area contributed by atoms with Crippen molar-refractivity contribution in [1.82, 2.24) is 0 Å². The van der Waals surface area contributed by atoms with Gasteiger partial charge in [-0.25, -0.2) is 0 Å². The first-order valence-corrected chi connectivity index (χ1v) is 0. The molecule has 0 rings (SSSR count). The molecular formula is H13LaLiTaZr. The molecule has 0 saturated carbocycles. The minimum Gasteiger partial charge on any atom is -1.00 e. The Hall–Kier alpha value is 3.42. The first kappa shape index (κ1) is 26.2. The van der Waals surface area contributed by atoms with E-state index in [9.17, 15) is 0 Å². The van der Waals surface area contributed by atoms with Gasteiger partial charge in [-0.1, -0.05) is 0 Å². The topological polar surface area (TPSA) is 0 Å². The maximum absolute atomic E-state index is 0. The van der Waals surface area contributed by atoms with Crippen molar-refractivity contribution in [3.8, 4) is 0 Å². The minimum atomic E-state index is 0. The molecule has 0 aromatic heterocycles. The van der Waals surface area contributed by atoms with E-state index in [-0.39, 0.29) is 122 Å². The van der Waals surface area contributed by atoms with Gasteiger partial charge in [0, 0.05) is 0 Å². The maximum atomic E-state index is 0. The van der Waals surface area contributed by atoms with Gasteiger partial charge in [0.2, 0.25) is 0 Å². The van der Waals surface area contributed by atoms with Crippen LogP contribution in [0.1, 0.15) is 18.5 Å². The fraction of sp³-hybridized carbons (Fsp3) is 0. The molecule has 0 bridgehead atoms. The molecule has 0 heterocycles. The average Bonchev–Trinajstić information content (AvgIpc) is 0. The Morgan fingerprint density at radius 2 is 1.25 bits per heavy atom. The van der Waals surface area contributed by atoms with Gasteiger partial charge < -0.3 is 18.5 Å². The second kappa shape index (κ2) is 16.1. The normalized spacial score (nSPS) is 0. The Balaban J connectivity index is 0. The molecule has 0 aliphatic heterocycles. The summed E-state index contributed by atoms with van der Waals surface area (Å²) in [6, 6.07) is 0. The molecule has 4 heteroatoms. The quantitative estimate of drug-likeness (QED) is 0.409. The van der Waals surface area contributed by atoms with Crippen LogP contribution in [-0.4, -0.2) is 0 Å². The molecule has 0 fully saturated rings. The zero-order valence-corrected chi connectivity index (χ0v) is 11.8. The number of hydrogen-bond acceptors (Lipinski definition) is 0. The molecule has 0 spiro atoms. The van der Waals surface area contributed by atoms with E-state index >= 15 is 0 Å². The molecule has 0 aromatic carbocycles. The van der Waals surface area contributed by atoms with E-state index in [0.717, 1.165) is 0 Å². The summed E-state index contributed by atoms with van der Waals surface area (Å²) in [4.78, 5) is 0. The monoisotopic (exact) mass is 430 g/mol. The van der Waals surface area contributed by atoms with Crippen LogP contribution in [0, 0.1) is 35.6 Å². The summed E-state index contributed by atoms with van der Waals surface area (Å²) in [5, 5.41) is 0. The Kier molecular flexibility index (Phi) is 105. The van der Waals surface area contributed by atoms with E-state index in [1.54, 1.807) is 0 Å². The van der Waals surface area contributed by atoms with Gasteiger partial charge in [0.15, 0.2) is 0 Å². The summed E-state index contributed by atoms with van der Waals surface area (Å²) >= 11 is 0. The second-order valence-corrected chi connectivity index (χ2v) is 0. The van der Waals surface area contributed by atoms with E-state index in [2.05, 4.69) is 0 Å². The largest absolute Gasteiger partial charge is 5.00 e. The first-order chi connectivity index (χ1) is 0. The van der Waals surface area contributed by atoms with Crippen molar-refractivity contribution < 1.29 is 122 Å². The Morgan fingerprint density at radius 1 is 1.25 bits per heavy atom. The SMILES string of the molecule is [H-].[H-].[H-].[H-].[H-].[H-].[H-].[H-].[H-].[H-].[H-].[H-].[H-].[La+3].[Li+].[Ta+5].[Zr+4]. The van der Waals surface area contributed by atoms with Crippen LogP contribution in [0.3, 0.4) is 0 Å². The van der Waals surface area contributed by atoms with Gasteiger partial charge in [0.05, 0.1) is 0 Å². The van der Waals surface area contributed by atoms with Crippen molar-refractivity contribution in [1.29, 1.82) is 0 Å². The number of hydrogen-bond donors (Lipinski definition) is 0. The van der Waals surface area contributed by atoms with Gasteiger partial charge in [0.1, 0.15) is 0 Å². The van der Waals surface area contributed by atoms with E-state index in [1.807, 2.05) is 0 Å². The Bertz CT molecular complexity index is 21.4. The van der Waals surface area contributed by atoms with Crippen LogP contribution < -0.4 is 18.9 Å². The molecule has 0 aliphatic rings. The smallest absolute Gasteiger partial charge is 1.00 e. The molecule has 4 heavy (non-hydrogen) atoms. The van der Waals surface area contributed by atoms with Crippen molar-refractivity contribution in [2.75, 3.05) is 0 Å². The van der Waals surface area contributed by atoms with Crippen LogP contribution in [0.15, 0.2) is 0 Å². The second-order valence-electron chi connectivity index (χ2n) is 0. The fourth-order valence-electron chi connectivity index (χ4n) is 0. The van der Waals surface area contributed by atoms with Gasteiger partial charge in [-0.3, -0.25) is 0 Å². The summed E-state index contributed by atoms with van der Waals surface area (Å²) in [6.45, 7) is 0. The molecule has 0 atom stereocenters. The summed E-state index contributed by atoms with van der Waals surface area (Å²) in [6.07, 6.45) is 0. The van der Waals surface area contributed by atoms with Gasteiger partial charge >= 0.3 is 103 Å². The van der Waals surface area contributed by atoms with E-state index in [0.29, 0.717) is 0 Å². The van der Waals surface area contributed by atoms with Crippen LogP contribution in [-0.2, 0) is 48.6 Å². The molecule has 0 nitrogen and oxygen atoms in total. The van der Waals surface area contributed by atoms with Crippen LogP contribution >= 0.6 is 0 Å². The van der Waals surface area contributed by atoms with Crippen molar-refractivity contribution in [2.24, 2.45) is 0 Å². The van der Waals surface area contributed by atoms with Crippen LogP contribution in [0.4, 0.5) is 0 Å². The third kappa shape index (κ3) is 9.05. The van der Waals surface area contributed by atoms with Crippen LogP contribution in [0.2, 0.25) is 0 Å². The van der Waals surface area contributed by atoms with Crippen LogP contribution in [0.25, 0.3) is 0 Å². The molecule has 0 amide bonds. The van der Waals surface area contributed by atoms with E-state index < -0.39 is 0 Å². The van der Waals surface area contributed by atoms with Crippen molar-refractivity contribution in [3.63, 3.8) is 0 Å². The Labute approximate surface area is 120 Å². The average molecular weight is 431 g/mol. The van der Waals surface area contributed by atoms with E-state index in [4.69, 9.17) is 0 Å². The molecule has 0 N–H and O–H groups in total. The zero-order valence-electron chi connectivity index (χ0n) is 15.5. The summed E-state index contributed by atoms with van der Waals surface area (Å²) < 4.78 is 0. The van der Waals surface area contributed by atoms with Gasteiger partial charge in [-0.15, -0.1) is 0 Å². The predicted octanol–water partition coefficient (Wildman–Crippen LogP) is -1.54. The molecule has 0 unspecified atom stereocenters. The zero-order chi connectivity index (χ0) is 0. The van der Waals surface area contributed by atoms with Gasteiger partial charge in [0.25, 0.3) is 0 Å². The van der Waals surface area contributed by atoms with Gasteiger partial charge in [-0.05, 0) is 0 Å². The number of rotatable bonds is 0. The molecule has 26 valence electrons. The fourth-order valence-corrected chi connectivity index (χ4v) is 0. The minimum absolute atomic E-state index is 0. The molecule has 0 saturated heterocycles. The maximum Gasteiger partial charge on any atom is 5.00 e. The van der Waals surface area contributed by atoms with Crippen molar-refractivity contribution >= 4 is 0 Å². The van der Waals surface area contributed by atoms with Crippen molar-refractivity contribution in [2.45, 2.75) is 0 Å². The summed E-state index contributed by atoms with van der Waals surface area (Å²) in [7, 11) is 0. The predicted molar refractivity (Wildman–Crippen MR) is 14.5 cm³/mol. The molecule has 0 aromatic rings. The molecule has 0 radical (unpaired) electrons. The van der Waals surface area contributed by atoms with E-state index in [1.165, 1.54) is 0 Å². The van der Waals surface area contributed by atoms with Crippen LogP contribution in [0.5, 0.6) is 0 Å². The van der Waals surface area contributed by atoms with Gasteiger partial charge in [-0.2, -0.15) is 0 Å².